The molecular weight excluding hydrogens is 330 g/mol. The Balaban J connectivity index is 0.00000192. The molecule has 0 fully saturated rings. The number of thioether (sulfide) groups is 1. The molecule has 6 heteroatoms. The third-order valence-electron chi connectivity index (χ3n) is 3.79. The van der Waals surface area contributed by atoms with Crippen LogP contribution in [0.5, 0.6) is 5.75 Å². The number of nitrogens with zero attached hydrogens (tertiary/aromatic N) is 2. The second kappa shape index (κ2) is 8.41. The van der Waals surface area contributed by atoms with Gasteiger partial charge in [0.25, 0.3) is 0 Å². The van der Waals surface area contributed by atoms with Gasteiger partial charge in [0, 0.05) is 11.3 Å². The minimum absolute atomic E-state index is 0. The molecule has 124 valence electrons. The lowest BCUT2D eigenvalue weighted by Gasteiger charge is -2.19. The van der Waals surface area contributed by atoms with Crippen molar-refractivity contribution in [2.45, 2.75) is 37.8 Å². The highest BCUT2D eigenvalue weighted by molar-refractivity contribution is 7.99. The largest absolute Gasteiger partial charge is 0.497 e. The Kier molecular flexibility index (Phi) is 6.54. The lowest BCUT2D eigenvalue weighted by atomic mass is 9.96. The summed E-state index contributed by atoms with van der Waals surface area (Å²) < 4.78 is 5.20. The van der Waals surface area contributed by atoms with Gasteiger partial charge in [-0.05, 0) is 55.7 Å². The molecule has 23 heavy (non-hydrogen) atoms. The second-order valence-corrected chi connectivity index (χ2v) is 6.50. The van der Waals surface area contributed by atoms with Gasteiger partial charge in [-0.3, -0.25) is 0 Å². The van der Waals surface area contributed by atoms with Crippen LogP contribution in [0.25, 0.3) is 0 Å². The first-order valence-corrected chi connectivity index (χ1v) is 8.72. The molecule has 2 aromatic rings. The molecule has 4 nitrogen and oxygen atoms in total. The van der Waals surface area contributed by atoms with Gasteiger partial charge >= 0.3 is 0 Å². The number of halogens is 1. The molecule has 0 radical (unpaired) electrons. The quantitative estimate of drug-likeness (QED) is 0.628. The van der Waals surface area contributed by atoms with Crippen LogP contribution >= 0.6 is 24.2 Å². The van der Waals surface area contributed by atoms with Crippen LogP contribution < -0.4 is 10.1 Å². The summed E-state index contributed by atoms with van der Waals surface area (Å²) in [5, 5.41) is 4.34. The van der Waals surface area contributed by atoms with Crippen molar-refractivity contribution in [3.05, 3.63) is 35.5 Å². The van der Waals surface area contributed by atoms with Crippen molar-refractivity contribution < 1.29 is 4.74 Å². The zero-order valence-corrected chi connectivity index (χ0v) is 15.1. The molecule has 0 amide bonds. The highest BCUT2D eigenvalue weighted by Gasteiger charge is 2.18. The van der Waals surface area contributed by atoms with Gasteiger partial charge in [0.05, 0.1) is 12.8 Å². The van der Waals surface area contributed by atoms with Gasteiger partial charge in [-0.25, -0.2) is 9.97 Å². The number of hydrogen-bond donors (Lipinski definition) is 1. The van der Waals surface area contributed by atoms with Crippen LogP contribution in [0.4, 0.5) is 11.5 Å². The molecule has 1 aromatic carbocycles. The van der Waals surface area contributed by atoms with Crippen LogP contribution in [-0.2, 0) is 12.8 Å². The van der Waals surface area contributed by atoms with Crippen LogP contribution in [0, 0.1) is 0 Å². The summed E-state index contributed by atoms with van der Waals surface area (Å²) in [6.45, 7) is 2.13. The van der Waals surface area contributed by atoms with E-state index in [-0.39, 0.29) is 12.4 Å². The summed E-state index contributed by atoms with van der Waals surface area (Å²) in [5.74, 6) is 2.81. The van der Waals surface area contributed by atoms with Gasteiger partial charge < -0.3 is 10.1 Å². The summed E-state index contributed by atoms with van der Waals surface area (Å²) in [6, 6.07) is 7.95. The Morgan fingerprint density at radius 3 is 2.57 bits per heavy atom. The fraction of sp³-hybridized carbons (Fsp3) is 0.412. The van der Waals surface area contributed by atoms with E-state index in [0.717, 1.165) is 41.0 Å². The van der Waals surface area contributed by atoms with Crippen LogP contribution in [0.3, 0.4) is 0 Å². The first-order valence-electron chi connectivity index (χ1n) is 7.74. The van der Waals surface area contributed by atoms with Crippen molar-refractivity contribution in [2.75, 3.05) is 18.2 Å². The average molecular weight is 352 g/mol. The molecule has 3 rings (SSSR count). The van der Waals surface area contributed by atoms with Crippen molar-refractivity contribution in [3.63, 3.8) is 0 Å². The van der Waals surface area contributed by atoms with E-state index in [2.05, 4.69) is 12.2 Å². The standard InChI is InChI=1S/C17H21N3OS.ClH/c1-3-22-17-19-15-7-5-4-6-14(15)16(20-17)18-12-8-10-13(21-2)11-9-12;/h8-11H,3-7H2,1-2H3,(H,18,19,20);1H. The minimum atomic E-state index is 0. The number of benzene rings is 1. The Morgan fingerprint density at radius 2 is 1.87 bits per heavy atom. The molecular formula is C17H22ClN3OS. The number of anilines is 2. The van der Waals surface area contributed by atoms with E-state index >= 15 is 0 Å². The van der Waals surface area contributed by atoms with E-state index in [4.69, 9.17) is 14.7 Å². The topological polar surface area (TPSA) is 47.0 Å². The Bertz CT molecular complexity index is 649. The van der Waals surface area contributed by atoms with E-state index in [0.29, 0.717) is 0 Å². The number of hydrogen-bond acceptors (Lipinski definition) is 5. The van der Waals surface area contributed by atoms with Crippen molar-refractivity contribution in [1.82, 2.24) is 9.97 Å². The van der Waals surface area contributed by atoms with E-state index < -0.39 is 0 Å². The van der Waals surface area contributed by atoms with Gasteiger partial charge in [0.1, 0.15) is 11.6 Å². The number of aryl methyl sites for hydroxylation is 1. The van der Waals surface area contributed by atoms with E-state index in [1.807, 2.05) is 24.3 Å². The monoisotopic (exact) mass is 351 g/mol. The number of ether oxygens (including phenoxy) is 1. The smallest absolute Gasteiger partial charge is 0.189 e. The molecule has 1 heterocycles. The summed E-state index contributed by atoms with van der Waals surface area (Å²) in [4.78, 5) is 9.45. The molecule has 0 bridgehead atoms. The molecule has 0 unspecified atom stereocenters. The zero-order chi connectivity index (χ0) is 15.4. The van der Waals surface area contributed by atoms with Crippen molar-refractivity contribution in [2.24, 2.45) is 0 Å². The molecule has 1 aromatic heterocycles. The normalized spacial score (nSPS) is 13.0. The molecule has 0 saturated heterocycles. The Hall–Kier alpha value is -1.46. The maximum Gasteiger partial charge on any atom is 0.189 e. The van der Waals surface area contributed by atoms with Gasteiger partial charge in [-0.2, -0.15) is 0 Å². The van der Waals surface area contributed by atoms with Crippen LogP contribution in [0.1, 0.15) is 31.0 Å². The third-order valence-corrected chi connectivity index (χ3v) is 4.52. The van der Waals surface area contributed by atoms with Crippen LogP contribution in [0.2, 0.25) is 0 Å². The lowest BCUT2D eigenvalue weighted by molar-refractivity contribution is 0.415. The number of nitrogens with one attached hydrogen (secondary N) is 1. The third kappa shape index (κ3) is 4.30. The summed E-state index contributed by atoms with van der Waals surface area (Å²) in [7, 11) is 1.68. The molecule has 0 aliphatic heterocycles. The number of aromatic nitrogens is 2. The SMILES string of the molecule is CCSc1nc2c(c(Nc3ccc(OC)cc3)n1)CCCC2.Cl. The van der Waals surface area contributed by atoms with Crippen molar-refractivity contribution in [3.8, 4) is 5.75 Å². The highest BCUT2D eigenvalue weighted by Crippen LogP contribution is 2.30. The van der Waals surface area contributed by atoms with Crippen LogP contribution in [-0.4, -0.2) is 22.8 Å². The molecule has 1 aliphatic carbocycles. The Labute approximate surface area is 147 Å². The minimum Gasteiger partial charge on any atom is -0.497 e. The maximum atomic E-state index is 5.20. The van der Waals surface area contributed by atoms with Gasteiger partial charge in [0.15, 0.2) is 5.16 Å². The fourth-order valence-corrected chi connectivity index (χ4v) is 3.27. The average Bonchev–Trinajstić information content (AvgIpc) is 2.56. The van der Waals surface area contributed by atoms with E-state index in [1.54, 1.807) is 18.9 Å². The molecule has 0 atom stereocenters. The lowest BCUT2D eigenvalue weighted by Crippen LogP contribution is -2.11. The summed E-state index contributed by atoms with van der Waals surface area (Å²) in [6.07, 6.45) is 4.56. The second-order valence-electron chi connectivity index (χ2n) is 5.27. The zero-order valence-electron chi connectivity index (χ0n) is 13.5. The molecule has 0 saturated carbocycles. The predicted octanol–water partition coefficient (Wildman–Crippen LogP) is 4.64. The number of fused-ring (bicyclic) bond motifs is 1. The highest BCUT2D eigenvalue weighted by atomic mass is 35.5. The predicted molar refractivity (Wildman–Crippen MR) is 98.6 cm³/mol. The fourth-order valence-electron chi connectivity index (χ4n) is 2.68. The molecule has 0 spiro atoms. The first-order chi connectivity index (χ1) is 10.8. The number of rotatable bonds is 5. The molecule has 1 aliphatic rings. The van der Waals surface area contributed by atoms with Gasteiger partial charge in [-0.1, -0.05) is 18.7 Å². The van der Waals surface area contributed by atoms with Crippen LogP contribution in [0.15, 0.2) is 29.4 Å². The van der Waals surface area contributed by atoms with E-state index in [9.17, 15) is 0 Å². The summed E-state index contributed by atoms with van der Waals surface area (Å²) in [5.41, 5.74) is 3.52. The van der Waals surface area contributed by atoms with Gasteiger partial charge in [-0.15, -0.1) is 12.4 Å². The maximum absolute atomic E-state index is 5.20. The Morgan fingerprint density at radius 1 is 1.13 bits per heavy atom. The van der Waals surface area contributed by atoms with Gasteiger partial charge in [0.2, 0.25) is 0 Å². The molecule has 1 N–H and O–H groups in total. The number of methoxy groups -OCH3 is 1. The first kappa shape index (κ1) is 17.9. The van der Waals surface area contributed by atoms with Crippen molar-refractivity contribution in [1.29, 1.82) is 0 Å². The summed E-state index contributed by atoms with van der Waals surface area (Å²) >= 11 is 1.70. The van der Waals surface area contributed by atoms with E-state index in [1.165, 1.54) is 24.1 Å². The van der Waals surface area contributed by atoms with Crippen molar-refractivity contribution >= 4 is 35.7 Å².